The van der Waals surface area contributed by atoms with Gasteiger partial charge in [0.1, 0.15) is 11.6 Å². The van der Waals surface area contributed by atoms with Gasteiger partial charge in [0, 0.05) is 18.0 Å². The van der Waals surface area contributed by atoms with Crippen LogP contribution in [0.1, 0.15) is 17.2 Å². The van der Waals surface area contributed by atoms with Crippen LogP contribution in [0.5, 0.6) is 5.75 Å². The highest BCUT2D eigenvalue weighted by Gasteiger charge is 2.17. The van der Waals surface area contributed by atoms with E-state index in [2.05, 4.69) is 15.4 Å². The van der Waals surface area contributed by atoms with E-state index >= 15 is 0 Å². The van der Waals surface area contributed by atoms with E-state index in [1.807, 2.05) is 0 Å². The Morgan fingerprint density at radius 3 is 2.83 bits per heavy atom. The smallest absolute Gasteiger partial charge is 0.146 e. The second-order valence-electron chi connectivity index (χ2n) is 3.65. The average Bonchev–Trinajstić information content (AvgIpc) is 2.42. The molecule has 18 heavy (non-hydrogen) atoms. The molecular formula is C12H13FN4O. The van der Waals surface area contributed by atoms with Crippen molar-refractivity contribution in [2.75, 3.05) is 7.11 Å². The Balaban J connectivity index is 2.42. The van der Waals surface area contributed by atoms with Gasteiger partial charge >= 0.3 is 0 Å². The number of aromatic nitrogens is 2. The molecule has 0 aliphatic heterocycles. The van der Waals surface area contributed by atoms with Crippen LogP contribution < -0.4 is 16.0 Å². The van der Waals surface area contributed by atoms with Crippen LogP contribution in [-0.4, -0.2) is 17.1 Å². The molecule has 0 saturated carbocycles. The zero-order chi connectivity index (χ0) is 13.0. The molecule has 0 aromatic carbocycles. The van der Waals surface area contributed by atoms with Gasteiger partial charge in [0.2, 0.25) is 0 Å². The van der Waals surface area contributed by atoms with E-state index in [-0.39, 0.29) is 0 Å². The molecule has 0 spiro atoms. The van der Waals surface area contributed by atoms with Crippen molar-refractivity contribution in [1.82, 2.24) is 15.4 Å². The van der Waals surface area contributed by atoms with Crippen molar-refractivity contribution in [2.45, 2.75) is 6.04 Å². The zero-order valence-corrected chi connectivity index (χ0v) is 9.80. The summed E-state index contributed by atoms with van der Waals surface area (Å²) in [5, 5.41) is 0. The van der Waals surface area contributed by atoms with Gasteiger partial charge in [0.15, 0.2) is 0 Å². The minimum Gasteiger partial charge on any atom is -0.495 e. The maximum Gasteiger partial charge on any atom is 0.146 e. The van der Waals surface area contributed by atoms with E-state index in [4.69, 9.17) is 10.6 Å². The molecule has 3 N–H and O–H groups in total. The fraction of sp³-hybridized carbons (Fsp3) is 0.167. The van der Waals surface area contributed by atoms with Crippen LogP contribution in [0.25, 0.3) is 0 Å². The summed E-state index contributed by atoms with van der Waals surface area (Å²) in [6.07, 6.45) is 5.83. The maximum atomic E-state index is 13.7. The van der Waals surface area contributed by atoms with E-state index in [0.717, 1.165) is 6.20 Å². The quantitative estimate of drug-likeness (QED) is 0.628. The molecule has 0 radical (unpaired) electrons. The van der Waals surface area contributed by atoms with Crippen LogP contribution >= 0.6 is 0 Å². The molecule has 5 nitrogen and oxygen atoms in total. The van der Waals surface area contributed by atoms with Crippen LogP contribution in [0.4, 0.5) is 4.39 Å². The highest BCUT2D eigenvalue weighted by Crippen LogP contribution is 2.24. The Labute approximate surface area is 104 Å². The average molecular weight is 248 g/mol. The number of rotatable bonds is 4. The summed E-state index contributed by atoms with van der Waals surface area (Å²) in [4.78, 5) is 7.73. The minimum absolute atomic E-state index is 0.405. The zero-order valence-electron chi connectivity index (χ0n) is 9.80. The predicted octanol–water partition coefficient (Wildman–Crippen LogP) is 1.18. The number of nitrogens with two attached hydrogens (primary N) is 1. The number of methoxy groups -OCH3 is 1. The van der Waals surface area contributed by atoms with E-state index in [9.17, 15) is 4.39 Å². The van der Waals surface area contributed by atoms with Gasteiger partial charge in [0.25, 0.3) is 0 Å². The second-order valence-corrected chi connectivity index (χ2v) is 3.65. The van der Waals surface area contributed by atoms with Crippen molar-refractivity contribution in [3.63, 3.8) is 0 Å². The number of ether oxygens (including phenoxy) is 1. The van der Waals surface area contributed by atoms with Gasteiger partial charge in [-0.05, 0) is 17.7 Å². The number of hydrazine groups is 1. The molecule has 0 saturated heterocycles. The summed E-state index contributed by atoms with van der Waals surface area (Å²) in [6.45, 7) is 0. The highest BCUT2D eigenvalue weighted by molar-refractivity contribution is 5.33. The summed E-state index contributed by atoms with van der Waals surface area (Å²) in [7, 11) is 1.54. The van der Waals surface area contributed by atoms with Crippen molar-refractivity contribution in [2.24, 2.45) is 5.84 Å². The molecule has 2 heterocycles. The standard InChI is InChI=1S/C12H13FN4O/c1-18-9-4-8(5-16-6-9)12(17-14)10-2-3-15-7-11(10)13/h2-7,12,17H,14H2,1H3. The van der Waals surface area contributed by atoms with Gasteiger partial charge in [-0.2, -0.15) is 0 Å². The van der Waals surface area contributed by atoms with Crippen molar-refractivity contribution < 1.29 is 9.13 Å². The second kappa shape index (κ2) is 5.52. The molecule has 1 atom stereocenters. The summed E-state index contributed by atoms with van der Waals surface area (Å²) in [5.74, 6) is 5.65. The van der Waals surface area contributed by atoms with Gasteiger partial charge in [-0.15, -0.1) is 0 Å². The lowest BCUT2D eigenvalue weighted by Crippen LogP contribution is -2.29. The summed E-state index contributed by atoms with van der Waals surface area (Å²) in [5.41, 5.74) is 3.68. The van der Waals surface area contributed by atoms with Crippen LogP contribution in [0.2, 0.25) is 0 Å². The molecule has 0 aliphatic carbocycles. The topological polar surface area (TPSA) is 73.1 Å². The number of pyridine rings is 2. The fourth-order valence-corrected chi connectivity index (χ4v) is 1.69. The molecule has 6 heteroatoms. The van der Waals surface area contributed by atoms with E-state index < -0.39 is 11.9 Å². The van der Waals surface area contributed by atoms with E-state index in [1.165, 1.54) is 6.20 Å². The lowest BCUT2D eigenvalue weighted by atomic mass is 10.0. The SMILES string of the molecule is COc1cncc(C(NN)c2ccncc2F)c1. The molecule has 0 bridgehead atoms. The first-order valence-corrected chi connectivity index (χ1v) is 5.30. The first-order chi connectivity index (χ1) is 8.76. The third kappa shape index (κ3) is 2.44. The Morgan fingerprint density at radius 2 is 2.17 bits per heavy atom. The van der Waals surface area contributed by atoms with E-state index in [1.54, 1.807) is 31.6 Å². The van der Waals surface area contributed by atoms with Crippen LogP contribution in [0.3, 0.4) is 0 Å². The lowest BCUT2D eigenvalue weighted by molar-refractivity contribution is 0.411. The van der Waals surface area contributed by atoms with Gasteiger partial charge in [-0.1, -0.05) is 0 Å². The van der Waals surface area contributed by atoms with Crippen molar-refractivity contribution in [3.8, 4) is 5.75 Å². The van der Waals surface area contributed by atoms with Crippen LogP contribution in [0.15, 0.2) is 36.9 Å². The molecule has 94 valence electrons. The number of nitrogens with zero attached hydrogens (tertiary/aromatic N) is 2. The third-order valence-electron chi connectivity index (χ3n) is 2.58. The van der Waals surface area contributed by atoms with Gasteiger partial charge in [-0.3, -0.25) is 15.8 Å². The molecular weight excluding hydrogens is 235 g/mol. The molecule has 1 unspecified atom stereocenters. The molecule has 2 rings (SSSR count). The molecule has 0 fully saturated rings. The number of hydrogen-bond donors (Lipinski definition) is 2. The maximum absolute atomic E-state index is 13.7. The van der Waals surface area contributed by atoms with Crippen molar-refractivity contribution in [3.05, 3.63) is 53.9 Å². The molecule has 0 aliphatic rings. The van der Waals surface area contributed by atoms with E-state index in [0.29, 0.717) is 16.9 Å². The van der Waals surface area contributed by atoms with Crippen LogP contribution in [-0.2, 0) is 0 Å². The van der Waals surface area contributed by atoms with Crippen molar-refractivity contribution in [1.29, 1.82) is 0 Å². The van der Waals surface area contributed by atoms with Crippen molar-refractivity contribution >= 4 is 0 Å². The Hall–Kier alpha value is -2.05. The van der Waals surface area contributed by atoms with Gasteiger partial charge in [0.05, 0.1) is 25.5 Å². The fourth-order valence-electron chi connectivity index (χ4n) is 1.69. The highest BCUT2D eigenvalue weighted by atomic mass is 19.1. The predicted molar refractivity (Wildman–Crippen MR) is 64.2 cm³/mol. The van der Waals surface area contributed by atoms with Gasteiger partial charge in [-0.25, -0.2) is 9.82 Å². The number of halogens is 1. The normalized spacial score (nSPS) is 12.2. The molecule has 0 amide bonds. The van der Waals surface area contributed by atoms with Gasteiger partial charge < -0.3 is 4.74 Å². The third-order valence-corrected chi connectivity index (χ3v) is 2.58. The summed E-state index contributed by atoms with van der Waals surface area (Å²) < 4.78 is 18.8. The Morgan fingerprint density at radius 1 is 1.33 bits per heavy atom. The number of hydrogen-bond acceptors (Lipinski definition) is 5. The largest absolute Gasteiger partial charge is 0.495 e. The lowest BCUT2D eigenvalue weighted by Gasteiger charge is -2.17. The summed E-state index contributed by atoms with van der Waals surface area (Å²) in [6, 6.07) is 2.81. The Bertz CT molecular complexity index is 535. The number of nitrogens with one attached hydrogen (secondary N) is 1. The van der Waals surface area contributed by atoms with Crippen LogP contribution in [0, 0.1) is 5.82 Å². The molecule has 2 aromatic rings. The Kier molecular flexibility index (Phi) is 3.81. The first kappa shape index (κ1) is 12.4. The molecule has 2 aromatic heterocycles. The minimum atomic E-state index is -0.504. The first-order valence-electron chi connectivity index (χ1n) is 5.30. The summed E-state index contributed by atoms with van der Waals surface area (Å²) >= 11 is 0. The monoisotopic (exact) mass is 248 g/mol.